The Morgan fingerprint density at radius 2 is 1.43 bits per heavy atom. The molecule has 0 unspecified atom stereocenters. The third-order valence-corrected chi connectivity index (χ3v) is 8.99. The average molecular weight is 285 g/mol. The van der Waals surface area contributed by atoms with Crippen LogP contribution in [-0.2, 0) is 11.8 Å². The maximum atomic E-state index is 12.6. The van der Waals surface area contributed by atoms with Gasteiger partial charge in [-0.05, 0) is 36.5 Å². The topological polar surface area (TPSA) is 61.5 Å². The van der Waals surface area contributed by atoms with Crippen molar-refractivity contribution in [3.63, 3.8) is 0 Å². The maximum Gasteiger partial charge on any atom is 0.347 e. The Hall–Kier alpha value is -1.30. The molecule has 1 saturated heterocycles. The molecule has 3 aliphatic heterocycles. The molecule has 1 aromatic rings. The zero-order chi connectivity index (χ0) is 13.6. The molecule has 6 heteroatoms. The fourth-order valence-electron chi connectivity index (χ4n) is 8.81. The van der Waals surface area contributed by atoms with Crippen molar-refractivity contribution in [1.82, 2.24) is 13.9 Å². The minimum absolute atomic E-state index is 0.0935. The smallest absolute Gasteiger partial charge is 0.347 e. The fourth-order valence-corrected chi connectivity index (χ4v) is 8.81. The van der Waals surface area contributed by atoms with Gasteiger partial charge in [-0.2, -0.15) is 0 Å². The second-order valence-corrected chi connectivity index (χ2v) is 8.61. The molecule has 1 aromatic heterocycles. The summed E-state index contributed by atoms with van der Waals surface area (Å²) in [6.07, 6.45) is 3.22. The van der Waals surface area contributed by atoms with E-state index in [2.05, 4.69) is 0 Å². The molecular weight excluding hydrogens is 270 g/mol. The summed E-state index contributed by atoms with van der Waals surface area (Å²) in [5, 5.41) is 0. The van der Waals surface area contributed by atoms with Crippen LogP contribution in [0.4, 0.5) is 0 Å². The molecule has 9 rings (SSSR count). The summed E-state index contributed by atoms with van der Waals surface area (Å²) in [7, 11) is 1.63. The molecule has 6 nitrogen and oxygen atoms in total. The third kappa shape index (κ3) is 0.525. The highest BCUT2D eigenvalue weighted by Crippen LogP contribution is 3.04. The zero-order valence-corrected chi connectivity index (χ0v) is 11.6. The van der Waals surface area contributed by atoms with E-state index in [0.29, 0.717) is 47.0 Å². The van der Waals surface area contributed by atoms with E-state index in [1.54, 1.807) is 7.05 Å². The molecule has 0 aromatic carbocycles. The normalized spacial score (nSPS) is 67.5. The minimum atomic E-state index is -0.0935. The summed E-state index contributed by atoms with van der Waals surface area (Å²) in [5.74, 6) is 3.09. The first-order chi connectivity index (χ1) is 10.1. The number of ether oxygens (including phenoxy) is 1. The Bertz CT molecular complexity index is 854. The van der Waals surface area contributed by atoms with Gasteiger partial charge in [-0.3, -0.25) is 0 Å². The standard InChI is InChI=1S/C15H15N3O3/c1-16-12(19)17-10-6-7-9-8(6)14(10)2-4-5(21-4)3-15(9,14)11(7)18(17)13(16)20/h4-11H,2-3H2,1H3/t4-,5+,6-,7-,8-,9-,10+,11+,14-,15-/m1/s1. The summed E-state index contributed by atoms with van der Waals surface area (Å²) < 4.78 is 10.9. The summed E-state index contributed by atoms with van der Waals surface area (Å²) in [6, 6.07) is 0.600. The largest absolute Gasteiger partial charge is 0.370 e. The molecule has 0 radical (unpaired) electrons. The van der Waals surface area contributed by atoms with Gasteiger partial charge in [0.15, 0.2) is 0 Å². The van der Waals surface area contributed by atoms with Gasteiger partial charge in [-0.15, -0.1) is 0 Å². The van der Waals surface area contributed by atoms with Crippen LogP contribution in [0.5, 0.6) is 0 Å². The molecule has 4 heterocycles. The van der Waals surface area contributed by atoms with Crippen molar-refractivity contribution in [3.05, 3.63) is 21.0 Å². The van der Waals surface area contributed by atoms with Gasteiger partial charge in [0.25, 0.3) is 0 Å². The van der Waals surface area contributed by atoms with Gasteiger partial charge in [0, 0.05) is 17.9 Å². The summed E-state index contributed by atoms with van der Waals surface area (Å²) in [4.78, 5) is 25.1. The Balaban J connectivity index is 1.53. The van der Waals surface area contributed by atoms with E-state index in [1.165, 1.54) is 4.57 Å². The molecule has 2 spiro atoms. The van der Waals surface area contributed by atoms with Crippen molar-refractivity contribution in [1.29, 1.82) is 0 Å². The van der Waals surface area contributed by atoms with Gasteiger partial charge in [0.2, 0.25) is 0 Å². The minimum Gasteiger partial charge on any atom is -0.370 e. The molecule has 10 atom stereocenters. The SMILES string of the molecule is Cn1c(=O)n2n(c1=O)[C@H]1[C@@H]3[C@@H]4[C@@H]5[C@@H]3[C@]13C[C@H]1O[C@H]1C[C@]53[C@H]42. The predicted molar refractivity (Wildman–Crippen MR) is 68.7 cm³/mol. The number of nitrogens with zero attached hydrogens (tertiary/aromatic N) is 3. The van der Waals surface area contributed by atoms with E-state index in [9.17, 15) is 9.59 Å². The average Bonchev–Trinajstić information content (AvgIpc) is 3.15. The lowest BCUT2D eigenvalue weighted by Gasteiger charge is -3.02. The molecule has 8 aliphatic rings. The summed E-state index contributed by atoms with van der Waals surface area (Å²) in [6.45, 7) is 0. The molecule has 0 N–H and O–H groups in total. The Labute approximate surface area is 119 Å². The third-order valence-electron chi connectivity index (χ3n) is 8.99. The first kappa shape index (κ1) is 9.66. The second-order valence-electron chi connectivity index (χ2n) is 8.61. The second kappa shape index (κ2) is 2.11. The number of epoxide rings is 1. The van der Waals surface area contributed by atoms with Gasteiger partial charge >= 0.3 is 11.4 Å². The Morgan fingerprint density at radius 1 is 0.952 bits per heavy atom. The molecule has 0 amide bonds. The molecule has 21 heavy (non-hydrogen) atoms. The lowest BCUT2D eigenvalue weighted by Crippen LogP contribution is -3.01. The van der Waals surface area contributed by atoms with Crippen molar-refractivity contribution in [3.8, 4) is 0 Å². The number of rotatable bonds is 0. The van der Waals surface area contributed by atoms with Gasteiger partial charge in [-0.1, -0.05) is 0 Å². The summed E-state index contributed by atoms with van der Waals surface area (Å²) in [5.41, 5.74) is 0.446. The van der Waals surface area contributed by atoms with Gasteiger partial charge in [-0.25, -0.2) is 23.5 Å². The predicted octanol–water partition coefficient (Wildman–Crippen LogP) is -0.503. The number of hydrogen-bond donors (Lipinski definition) is 0. The Kier molecular flexibility index (Phi) is 0.971. The van der Waals surface area contributed by atoms with Crippen LogP contribution < -0.4 is 11.4 Å². The first-order valence-electron chi connectivity index (χ1n) is 8.20. The first-order valence-corrected chi connectivity index (χ1v) is 8.20. The van der Waals surface area contributed by atoms with Crippen LogP contribution in [0.2, 0.25) is 0 Å². The number of hydrogen-bond acceptors (Lipinski definition) is 3. The van der Waals surface area contributed by atoms with Crippen LogP contribution in [0.25, 0.3) is 0 Å². The van der Waals surface area contributed by atoms with Gasteiger partial charge in [0.05, 0.1) is 24.3 Å². The van der Waals surface area contributed by atoms with Crippen LogP contribution in [-0.4, -0.2) is 26.1 Å². The number of fused-ring (bicyclic) bond motifs is 1. The van der Waals surface area contributed by atoms with Crippen LogP contribution in [0.15, 0.2) is 9.59 Å². The molecule has 108 valence electrons. The highest BCUT2D eigenvalue weighted by Gasteiger charge is 3.03. The van der Waals surface area contributed by atoms with Crippen LogP contribution >= 0.6 is 0 Å². The zero-order valence-electron chi connectivity index (χ0n) is 11.6. The van der Waals surface area contributed by atoms with Crippen molar-refractivity contribution < 1.29 is 4.74 Å². The van der Waals surface area contributed by atoms with E-state index >= 15 is 0 Å². The van der Waals surface area contributed by atoms with Crippen molar-refractivity contribution in [2.75, 3.05) is 0 Å². The molecular formula is C15H15N3O3. The van der Waals surface area contributed by atoms with Crippen molar-refractivity contribution >= 4 is 0 Å². The molecule has 2 bridgehead atoms. The molecule has 6 fully saturated rings. The number of aromatic nitrogens is 3. The van der Waals surface area contributed by atoms with Crippen LogP contribution in [0.3, 0.4) is 0 Å². The highest BCUT2D eigenvalue weighted by molar-refractivity contribution is 5.50. The van der Waals surface area contributed by atoms with E-state index in [1.807, 2.05) is 9.36 Å². The quantitative estimate of drug-likeness (QED) is 0.604. The van der Waals surface area contributed by atoms with E-state index in [-0.39, 0.29) is 11.4 Å². The lowest BCUT2D eigenvalue weighted by molar-refractivity contribution is -0.557. The highest BCUT2D eigenvalue weighted by atomic mass is 16.6. The van der Waals surface area contributed by atoms with Gasteiger partial charge in [0.1, 0.15) is 0 Å². The summed E-state index contributed by atoms with van der Waals surface area (Å²) >= 11 is 0. The van der Waals surface area contributed by atoms with E-state index < -0.39 is 0 Å². The Morgan fingerprint density at radius 3 is 1.90 bits per heavy atom. The molecule has 5 aliphatic carbocycles. The molecule has 5 saturated carbocycles. The van der Waals surface area contributed by atoms with Crippen LogP contribution in [0.1, 0.15) is 24.9 Å². The fraction of sp³-hybridized carbons (Fsp3) is 0.867. The van der Waals surface area contributed by atoms with Crippen molar-refractivity contribution in [2.45, 2.75) is 37.1 Å². The van der Waals surface area contributed by atoms with Crippen molar-refractivity contribution in [2.24, 2.45) is 41.5 Å². The van der Waals surface area contributed by atoms with E-state index in [0.717, 1.165) is 24.7 Å². The lowest BCUT2D eigenvalue weighted by atomic mass is 9.04. The monoisotopic (exact) mass is 285 g/mol. The van der Waals surface area contributed by atoms with Crippen LogP contribution in [0, 0.1) is 34.5 Å². The van der Waals surface area contributed by atoms with E-state index in [4.69, 9.17) is 4.74 Å². The maximum absolute atomic E-state index is 12.6. The van der Waals surface area contributed by atoms with Gasteiger partial charge < -0.3 is 4.74 Å².